The van der Waals surface area contributed by atoms with Crippen LogP contribution in [0.5, 0.6) is 5.75 Å². The molecule has 2 N–H and O–H groups in total. The lowest BCUT2D eigenvalue weighted by atomic mass is 10.1. The van der Waals surface area contributed by atoms with E-state index < -0.39 is 4.92 Å². The number of nitrogens with zero attached hydrogens (tertiary/aromatic N) is 1. The van der Waals surface area contributed by atoms with Gasteiger partial charge in [0.05, 0.1) is 4.92 Å². The Morgan fingerprint density at radius 3 is 2.79 bits per heavy atom. The summed E-state index contributed by atoms with van der Waals surface area (Å²) in [6.07, 6.45) is 4.78. The molecule has 0 heterocycles. The fourth-order valence-electron chi connectivity index (χ4n) is 2.38. The Hall–Kier alpha value is -1.33. The second kappa shape index (κ2) is 6.21. The maximum absolute atomic E-state index is 11.0. The van der Waals surface area contributed by atoms with Crippen LogP contribution in [0.1, 0.15) is 32.1 Å². The molecule has 2 unspecified atom stereocenters. The van der Waals surface area contributed by atoms with Gasteiger partial charge in [0.1, 0.15) is 11.1 Å². The Morgan fingerprint density at radius 2 is 2.05 bits per heavy atom. The molecule has 0 saturated heterocycles. The zero-order valence-corrected chi connectivity index (χ0v) is 11.3. The van der Waals surface area contributed by atoms with Crippen LogP contribution in [0.2, 0.25) is 5.02 Å². The minimum Gasteiger partial charge on any atom is -0.482 e. The van der Waals surface area contributed by atoms with Gasteiger partial charge in [0.25, 0.3) is 0 Å². The van der Waals surface area contributed by atoms with Crippen molar-refractivity contribution in [2.45, 2.75) is 44.2 Å². The van der Waals surface area contributed by atoms with Crippen LogP contribution in [-0.2, 0) is 0 Å². The molecule has 1 aliphatic rings. The number of nitro benzene ring substituents is 1. The second-order valence-corrected chi connectivity index (χ2v) is 5.21. The minimum absolute atomic E-state index is 0.0823. The molecule has 5 nitrogen and oxygen atoms in total. The monoisotopic (exact) mass is 284 g/mol. The largest absolute Gasteiger partial charge is 0.482 e. The number of hydrogen-bond donors (Lipinski definition) is 1. The van der Waals surface area contributed by atoms with Crippen LogP contribution >= 0.6 is 11.6 Å². The van der Waals surface area contributed by atoms with Gasteiger partial charge in [-0.15, -0.1) is 0 Å². The van der Waals surface area contributed by atoms with E-state index >= 15 is 0 Å². The van der Waals surface area contributed by atoms with E-state index in [0.717, 1.165) is 32.1 Å². The summed E-state index contributed by atoms with van der Waals surface area (Å²) in [5.74, 6) is 0.208. The van der Waals surface area contributed by atoms with Crippen molar-refractivity contribution >= 4 is 17.3 Å². The summed E-state index contributed by atoms with van der Waals surface area (Å²) in [6, 6.07) is 4.62. The molecule has 0 bridgehead atoms. The van der Waals surface area contributed by atoms with Crippen LogP contribution in [-0.4, -0.2) is 17.1 Å². The molecule has 1 saturated carbocycles. The van der Waals surface area contributed by atoms with Crippen molar-refractivity contribution in [2.24, 2.45) is 5.73 Å². The smallest absolute Gasteiger partial charge is 0.329 e. The van der Waals surface area contributed by atoms with E-state index in [1.165, 1.54) is 6.07 Å². The molecule has 1 aliphatic carbocycles. The number of rotatable bonds is 3. The standard InChI is InChI=1S/C13H17ClN2O3/c14-9-5-4-8-12(13(9)16(17)18)19-11-7-3-1-2-6-10(11)15/h4-5,8,10-11H,1-3,6-7,15H2. The summed E-state index contributed by atoms with van der Waals surface area (Å²) in [5.41, 5.74) is 5.88. The van der Waals surface area contributed by atoms with Crippen LogP contribution < -0.4 is 10.5 Å². The molecule has 19 heavy (non-hydrogen) atoms. The average Bonchev–Trinajstić information content (AvgIpc) is 2.54. The second-order valence-electron chi connectivity index (χ2n) is 4.80. The molecule has 0 amide bonds. The molecule has 1 aromatic rings. The molecule has 0 aliphatic heterocycles. The first-order valence-electron chi connectivity index (χ1n) is 6.44. The van der Waals surface area contributed by atoms with E-state index in [2.05, 4.69) is 0 Å². The fourth-order valence-corrected chi connectivity index (χ4v) is 2.61. The molecular weight excluding hydrogens is 268 g/mol. The average molecular weight is 285 g/mol. The third-order valence-corrected chi connectivity index (χ3v) is 3.72. The van der Waals surface area contributed by atoms with Crippen molar-refractivity contribution in [3.63, 3.8) is 0 Å². The zero-order chi connectivity index (χ0) is 13.8. The van der Waals surface area contributed by atoms with Gasteiger partial charge in [0.15, 0.2) is 5.75 Å². The van der Waals surface area contributed by atoms with Crippen LogP contribution in [0.4, 0.5) is 5.69 Å². The van der Waals surface area contributed by atoms with Crippen LogP contribution in [0.25, 0.3) is 0 Å². The first-order chi connectivity index (χ1) is 9.09. The van der Waals surface area contributed by atoms with Gasteiger partial charge in [-0.3, -0.25) is 10.1 Å². The highest BCUT2D eigenvalue weighted by Gasteiger charge is 2.26. The summed E-state index contributed by atoms with van der Waals surface area (Å²) in [5, 5.41) is 11.1. The lowest BCUT2D eigenvalue weighted by Crippen LogP contribution is -2.38. The highest BCUT2D eigenvalue weighted by atomic mass is 35.5. The SMILES string of the molecule is NC1CCCCCC1Oc1cccc(Cl)c1[N+](=O)[O-]. The van der Waals surface area contributed by atoms with E-state index in [-0.39, 0.29) is 28.6 Å². The van der Waals surface area contributed by atoms with Gasteiger partial charge in [-0.05, 0) is 31.4 Å². The van der Waals surface area contributed by atoms with Crippen LogP contribution in [0.3, 0.4) is 0 Å². The van der Waals surface area contributed by atoms with Crippen LogP contribution in [0, 0.1) is 10.1 Å². The van der Waals surface area contributed by atoms with Gasteiger partial charge in [-0.2, -0.15) is 0 Å². The molecule has 1 aromatic carbocycles. The molecule has 104 valence electrons. The molecule has 6 heteroatoms. The van der Waals surface area contributed by atoms with Gasteiger partial charge in [0, 0.05) is 6.04 Å². The van der Waals surface area contributed by atoms with Gasteiger partial charge in [0.2, 0.25) is 0 Å². The summed E-state index contributed by atoms with van der Waals surface area (Å²) in [7, 11) is 0. The Bertz CT molecular complexity index is 467. The lowest BCUT2D eigenvalue weighted by Gasteiger charge is -2.22. The Morgan fingerprint density at radius 1 is 1.32 bits per heavy atom. The van der Waals surface area contributed by atoms with Crippen molar-refractivity contribution < 1.29 is 9.66 Å². The minimum atomic E-state index is -0.514. The van der Waals surface area contributed by atoms with E-state index in [1.54, 1.807) is 12.1 Å². The van der Waals surface area contributed by atoms with Crippen molar-refractivity contribution in [3.8, 4) is 5.75 Å². The summed E-state index contributed by atoms with van der Waals surface area (Å²) < 4.78 is 5.77. The predicted octanol–water partition coefficient (Wildman–Crippen LogP) is 3.29. The third kappa shape index (κ3) is 3.36. The number of nitro groups is 1. The molecule has 2 atom stereocenters. The third-order valence-electron chi connectivity index (χ3n) is 3.41. The van der Waals surface area contributed by atoms with E-state index in [1.807, 2.05) is 0 Å². The maximum Gasteiger partial charge on any atom is 0.329 e. The van der Waals surface area contributed by atoms with Crippen molar-refractivity contribution in [2.75, 3.05) is 0 Å². The number of ether oxygens (including phenoxy) is 1. The van der Waals surface area contributed by atoms with Crippen molar-refractivity contribution in [1.29, 1.82) is 0 Å². The Kier molecular flexibility index (Phi) is 4.61. The zero-order valence-electron chi connectivity index (χ0n) is 10.5. The normalized spacial score (nSPS) is 23.7. The van der Waals surface area contributed by atoms with Gasteiger partial charge in [-0.1, -0.05) is 30.5 Å². The Balaban J connectivity index is 2.22. The molecule has 0 spiro atoms. The van der Waals surface area contributed by atoms with E-state index in [0.29, 0.717) is 0 Å². The van der Waals surface area contributed by atoms with Crippen LogP contribution in [0.15, 0.2) is 18.2 Å². The summed E-state index contributed by atoms with van der Waals surface area (Å²) in [4.78, 5) is 10.5. The number of benzene rings is 1. The van der Waals surface area contributed by atoms with Crippen molar-refractivity contribution in [3.05, 3.63) is 33.3 Å². The quantitative estimate of drug-likeness (QED) is 0.525. The maximum atomic E-state index is 11.0. The van der Waals surface area contributed by atoms with Gasteiger partial charge < -0.3 is 10.5 Å². The van der Waals surface area contributed by atoms with Gasteiger partial charge in [-0.25, -0.2) is 0 Å². The number of hydrogen-bond acceptors (Lipinski definition) is 4. The highest BCUT2D eigenvalue weighted by Crippen LogP contribution is 2.36. The molecular formula is C13H17ClN2O3. The summed E-state index contributed by atoms with van der Waals surface area (Å²) in [6.45, 7) is 0. The molecule has 1 fully saturated rings. The molecule has 2 rings (SSSR count). The Labute approximate surface area is 116 Å². The number of nitrogens with two attached hydrogens (primary N) is 1. The topological polar surface area (TPSA) is 78.4 Å². The number of para-hydroxylation sites is 1. The fraction of sp³-hybridized carbons (Fsp3) is 0.538. The molecule has 0 aromatic heterocycles. The van der Waals surface area contributed by atoms with E-state index in [4.69, 9.17) is 22.1 Å². The van der Waals surface area contributed by atoms with Crippen molar-refractivity contribution in [1.82, 2.24) is 0 Å². The number of halogens is 1. The molecule has 0 radical (unpaired) electrons. The summed E-state index contributed by atoms with van der Waals surface area (Å²) >= 11 is 5.86. The highest BCUT2D eigenvalue weighted by molar-refractivity contribution is 6.32. The first-order valence-corrected chi connectivity index (χ1v) is 6.82. The lowest BCUT2D eigenvalue weighted by molar-refractivity contribution is -0.385. The first kappa shape index (κ1) is 14.1. The predicted molar refractivity (Wildman–Crippen MR) is 73.6 cm³/mol. The van der Waals surface area contributed by atoms with E-state index in [9.17, 15) is 10.1 Å². The van der Waals surface area contributed by atoms with Gasteiger partial charge >= 0.3 is 5.69 Å².